The number of piperidine rings is 1. The molecule has 6 nitrogen and oxygen atoms in total. The SMILES string of the molecule is Cc1cc(C(=O)N2CCCC[C@@H]2[C@H](C)N)c2cnn(C)c2n1. The second-order valence-corrected chi connectivity index (χ2v) is 6.24. The maximum absolute atomic E-state index is 13.1. The molecule has 0 aromatic carbocycles. The molecule has 22 heavy (non-hydrogen) atoms. The number of hydrogen-bond donors (Lipinski definition) is 1. The summed E-state index contributed by atoms with van der Waals surface area (Å²) in [5.74, 6) is 0.0468. The Labute approximate surface area is 130 Å². The number of fused-ring (bicyclic) bond motifs is 1. The van der Waals surface area contributed by atoms with Gasteiger partial charge in [0.15, 0.2) is 5.65 Å². The van der Waals surface area contributed by atoms with Gasteiger partial charge in [0, 0.05) is 31.4 Å². The summed E-state index contributed by atoms with van der Waals surface area (Å²) in [7, 11) is 1.84. The lowest BCUT2D eigenvalue weighted by Crippen LogP contribution is -2.51. The van der Waals surface area contributed by atoms with Crippen LogP contribution >= 0.6 is 0 Å². The molecule has 1 aliphatic rings. The van der Waals surface area contributed by atoms with Gasteiger partial charge in [-0.05, 0) is 39.2 Å². The minimum Gasteiger partial charge on any atom is -0.334 e. The Kier molecular flexibility index (Phi) is 3.87. The van der Waals surface area contributed by atoms with Gasteiger partial charge >= 0.3 is 0 Å². The summed E-state index contributed by atoms with van der Waals surface area (Å²) in [5.41, 5.74) is 8.36. The molecule has 0 unspecified atom stereocenters. The normalized spacial score (nSPS) is 20.4. The third kappa shape index (κ3) is 2.47. The Morgan fingerprint density at radius 3 is 2.95 bits per heavy atom. The summed E-state index contributed by atoms with van der Waals surface area (Å²) < 4.78 is 1.71. The highest BCUT2D eigenvalue weighted by atomic mass is 16.2. The van der Waals surface area contributed by atoms with Crippen LogP contribution in [0, 0.1) is 6.92 Å². The Morgan fingerprint density at radius 1 is 1.45 bits per heavy atom. The highest BCUT2D eigenvalue weighted by molar-refractivity contribution is 6.05. The molecule has 1 fully saturated rings. The van der Waals surface area contributed by atoms with Crippen molar-refractivity contribution < 1.29 is 4.79 Å². The lowest BCUT2D eigenvalue weighted by atomic mass is 9.95. The van der Waals surface area contributed by atoms with Gasteiger partial charge in [0.2, 0.25) is 0 Å². The number of aromatic nitrogens is 3. The average Bonchev–Trinajstić information content (AvgIpc) is 2.87. The highest BCUT2D eigenvalue weighted by Gasteiger charge is 2.31. The van der Waals surface area contributed by atoms with Crippen LogP contribution in [0.2, 0.25) is 0 Å². The number of nitrogens with two attached hydrogens (primary N) is 1. The van der Waals surface area contributed by atoms with Crippen molar-refractivity contribution in [3.05, 3.63) is 23.5 Å². The van der Waals surface area contributed by atoms with Crippen molar-refractivity contribution in [1.29, 1.82) is 0 Å². The molecule has 0 bridgehead atoms. The van der Waals surface area contributed by atoms with Crippen molar-refractivity contribution in [3.8, 4) is 0 Å². The van der Waals surface area contributed by atoms with Gasteiger partial charge in [-0.1, -0.05) is 0 Å². The molecule has 3 heterocycles. The largest absolute Gasteiger partial charge is 0.334 e. The molecule has 0 aliphatic carbocycles. The van der Waals surface area contributed by atoms with E-state index in [-0.39, 0.29) is 18.0 Å². The first-order valence-electron chi connectivity index (χ1n) is 7.85. The molecule has 118 valence electrons. The fraction of sp³-hybridized carbons (Fsp3) is 0.562. The molecule has 1 aliphatic heterocycles. The molecule has 2 atom stereocenters. The van der Waals surface area contributed by atoms with Gasteiger partial charge in [0.05, 0.1) is 17.1 Å². The van der Waals surface area contributed by atoms with Crippen LogP contribution in [-0.2, 0) is 7.05 Å². The molecule has 6 heteroatoms. The van der Waals surface area contributed by atoms with E-state index >= 15 is 0 Å². The first-order chi connectivity index (χ1) is 10.5. The number of likely N-dealkylation sites (tertiary alicyclic amines) is 1. The number of rotatable bonds is 2. The molecule has 1 amide bonds. The van der Waals surface area contributed by atoms with E-state index in [2.05, 4.69) is 10.1 Å². The molecule has 3 rings (SSSR count). The van der Waals surface area contributed by atoms with Gasteiger partial charge in [-0.15, -0.1) is 0 Å². The zero-order valence-corrected chi connectivity index (χ0v) is 13.4. The van der Waals surface area contributed by atoms with Gasteiger partial charge in [-0.25, -0.2) is 4.98 Å². The number of aryl methyl sites for hydroxylation is 2. The van der Waals surface area contributed by atoms with Gasteiger partial charge in [0.1, 0.15) is 0 Å². The van der Waals surface area contributed by atoms with E-state index in [0.29, 0.717) is 5.56 Å². The van der Waals surface area contributed by atoms with E-state index in [4.69, 9.17) is 5.73 Å². The molecule has 2 aromatic rings. The standard InChI is InChI=1S/C16H23N5O/c1-10-8-12(13-9-18-20(3)15(13)19-10)16(22)21-7-5-4-6-14(21)11(2)17/h8-9,11,14H,4-7,17H2,1-3H3/t11-,14+/m0/s1. The molecule has 0 saturated carbocycles. The second kappa shape index (κ2) is 5.68. The summed E-state index contributed by atoms with van der Waals surface area (Å²) in [5, 5.41) is 5.05. The lowest BCUT2D eigenvalue weighted by molar-refractivity contribution is 0.0585. The fourth-order valence-electron chi connectivity index (χ4n) is 3.33. The summed E-state index contributed by atoms with van der Waals surface area (Å²) in [6.45, 7) is 4.66. The topological polar surface area (TPSA) is 77.0 Å². The van der Waals surface area contributed by atoms with Crippen molar-refractivity contribution >= 4 is 16.9 Å². The number of hydrogen-bond acceptors (Lipinski definition) is 4. The third-order valence-corrected chi connectivity index (χ3v) is 4.48. The summed E-state index contributed by atoms with van der Waals surface area (Å²) >= 11 is 0. The second-order valence-electron chi connectivity index (χ2n) is 6.24. The number of pyridine rings is 1. The first-order valence-corrected chi connectivity index (χ1v) is 7.85. The van der Waals surface area contributed by atoms with E-state index < -0.39 is 0 Å². The van der Waals surface area contributed by atoms with Crippen molar-refractivity contribution in [2.45, 2.75) is 45.2 Å². The van der Waals surface area contributed by atoms with Crippen LogP contribution in [0.3, 0.4) is 0 Å². The maximum atomic E-state index is 13.1. The van der Waals surface area contributed by atoms with Gasteiger partial charge in [0.25, 0.3) is 5.91 Å². The van der Waals surface area contributed by atoms with Gasteiger partial charge in [-0.2, -0.15) is 5.10 Å². The fourth-order valence-corrected chi connectivity index (χ4v) is 3.33. The van der Waals surface area contributed by atoms with Crippen LogP contribution in [-0.4, -0.2) is 44.2 Å². The third-order valence-electron chi connectivity index (χ3n) is 4.48. The Bertz CT molecular complexity index is 706. The van der Waals surface area contributed by atoms with E-state index in [9.17, 15) is 4.79 Å². The molecule has 1 saturated heterocycles. The number of amides is 1. The Hall–Kier alpha value is -1.95. The van der Waals surface area contributed by atoms with Crippen LogP contribution in [0.15, 0.2) is 12.3 Å². The minimum atomic E-state index is -0.0171. The Balaban J connectivity index is 2.04. The average molecular weight is 301 g/mol. The van der Waals surface area contributed by atoms with Crippen molar-refractivity contribution in [3.63, 3.8) is 0 Å². The van der Waals surface area contributed by atoms with Crippen LogP contribution < -0.4 is 5.73 Å². The summed E-state index contributed by atoms with van der Waals surface area (Å²) in [6.07, 6.45) is 4.87. The van der Waals surface area contributed by atoms with E-state index in [1.807, 2.05) is 31.9 Å². The van der Waals surface area contributed by atoms with Crippen molar-refractivity contribution in [2.24, 2.45) is 12.8 Å². The van der Waals surface area contributed by atoms with Crippen molar-refractivity contribution in [1.82, 2.24) is 19.7 Å². The van der Waals surface area contributed by atoms with Crippen LogP contribution in [0.5, 0.6) is 0 Å². The zero-order valence-electron chi connectivity index (χ0n) is 13.4. The van der Waals surface area contributed by atoms with E-state index in [1.165, 1.54) is 0 Å². The lowest BCUT2D eigenvalue weighted by Gasteiger charge is -2.38. The van der Waals surface area contributed by atoms with Crippen LogP contribution in [0.1, 0.15) is 42.2 Å². The van der Waals surface area contributed by atoms with Crippen LogP contribution in [0.25, 0.3) is 11.0 Å². The van der Waals surface area contributed by atoms with E-state index in [0.717, 1.165) is 42.5 Å². The van der Waals surface area contributed by atoms with E-state index in [1.54, 1.807) is 10.9 Å². The molecule has 0 radical (unpaired) electrons. The predicted octanol–water partition coefficient (Wildman–Crippen LogP) is 1.62. The summed E-state index contributed by atoms with van der Waals surface area (Å²) in [4.78, 5) is 19.5. The molecule has 0 spiro atoms. The smallest absolute Gasteiger partial charge is 0.255 e. The minimum absolute atomic E-state index is 0.0171. The Morgan fingerprint density at radius 2 is 2.23 bits per heavy atom. The molecule has 2 aromatic heterocycles. The quantitative estimate of drug-likeness (QED) is 0.914. The number of nitrogens with zero attached hydrogens (tertiary/aromatic N) is 4. The zero-order chi connectivity index (χ0) is 15.9. The molecular formula is C16H23N5O. The predicted molar refractivity (Wildman–Crippen MR) is 85.6 cm³/mol. The van der Waals surface area contributed by atoms with Crippen molar-refractivity contribution in [2.75, 3.05) is 6.54 Å². The first kappa shape index (κ1) is 15.0. The monoisotopic (exact) mass is 301 g/mol. The maximum Gasteiger partial charge on any atom is 0.255 e. The number of carbonyl (C=O) groups excluding carboxylic acids is 1. The van der Waals surface area contributed by atoms with Gasteiger partial charge in [-0.3, -0.25) is 9.48 Å². The molecular weight excluding hydrogens is 278 g/mol. The number of carbonyl (C=O) groups is 1. The summed E-state index contributed by atoms with van der Waals surface area (Å²) in [6, 6.07) is 1.96. The van der Waals surface area contributed by atoms with Crippen LogP contribution in [0.4, 0.5) is 0 Å². The molecule has 2 N–H and O–H groups in total. The van der Waals surface area contributed by atoms with Gasteiger partial charge < -0.3 is 10.6 Å². The highest BCUT2D eigenvalue weighted by Crippen LogP contribution is 2.25.